The van der Waals surface area contributed by atoms with Gasteiger partial charge in [0.05, 0.1) is 5.92 Å². The number of aliphatic carboxylic acids is 1. The van der Waals surface area contributed by atoms with Crippen molar-refractivity contribution in [3.63, 3.8) is 0 Å². The number of benzene rings is 2. The van der Waals surface area contributed by atoms with Crippen LogP contribution in [0, 0.1) is 13.8 Å². The number of halogens is 1. The number of hydrogen-bond donors (Lipinski definition) is 1. The van der Waals surface area contributed by atoms with Gasteiger partial charge in [-0.2, -0.15) is 0 Å². The van der Waals surface area contributed by atoms with E-state index in [2.05, 4.69) is 0 Å². The summed E-state index contributed by atoms with van der Waals surface area (Å²) in [5.74, 6) is -1.39. The van der Waals surface area contributed by atoms with Gasteiger partial charge in [0.25, 0.3) is 0 Å². The Bertz CT molecular complexity index is 635. The maximum absolute atomic E-state index is 11.6. The van der Waals surface area contributed by atoms with Gasteiger partial charge in [0.2, 0.25) is 0 Å². The Kier molecular flexibility index (Phi) is 4.46. The highest BCUT2D eigenvalue weighted by Crippen LogP contribution is 2.28. The molecule has 0 saturated heterocycles. The lowest BCUT2D eigenvalue weighted by Crippen LogP contribution is -2.16. The zero-order valence-corrected chi connectivity index (χ0v) is 12.3. The van der Waals surface area contributed by atoms with Crippen LogP contribution in [-0.2, 0) is 11.2 Å². The van der Waals surface area contributed by atoms with Crippen LogP contribution < -0.4 is 0 Å². The van der Waals surface area contributed by atoms with Crippen LogP contribution in [0.25, 0.3) is 0 Å². The fourth-order valence-corrected chi connectivity index (χ4v) is 2.56. The molecular formula is C17H17ClO2. The normalized spacial score (nSPS) is 12.2. The molecule has 0 spiro atoms. The minimum absolute atomic E-state index is 0.402. The molecule has 0 fully saturated rings. The van der Waals surface area contributed by atoms with Crippen molar-refractivity contribution in [1.29, 1.82) is 0 Å². The second-order valence-electron chi connectivity index (χ2n) is 5.05. The Morgan fingerprint density at radius 2 is 1.90 bits per heavy atom. The molecule has 0 amide bonds. The molecule has 0 saturated carbocycles. The zero-order valence-electron chi connectivity index (χ0n) is 11.6. The SMILES string of the molecule is Cc1ccc(C)c(C(Cc2ccccc2Cl)C(=O)O)c1. The Hall–Kier alpha value is -1.80. The number of carboxylic acid groups (broad SMARTS) is 1. The number of aryl methyl sites for hydroxylation is 2. The van der Waals surface area contributed by atoms with E-state index < -0.39 is 11.9 Å². The van der Waals surface area contributed by atoms with E-state index in [1.807, 2.05) is 50.2 Å². The molecule has 0 radical (unpaired) electrons. The van der Waals surface area contributed by atoms with Crippen LogP contribution in [0.3, 0.4) is 0 Å². The first-order valence-electron chi connectivity index (χ1n) is 6.52. The summed E-state index contributed by atoms with van der Waals surface area (Å²) in [7, 11) is 0. The molecule has 2 aromatic carbocycles. The van der Waals surface area contributed by atoms with E-state index in [1.54, 1.807) is 6.07 Å². The first-order chi connectivity index (χ1) is 9.49. The Morgan fingerprint density at radius 3 is 2.55 bits per heavy atom. The van der Waals surface area contributed by atoms with Gasteiger partial charge in [-0.15, -0.1) is 0 Å². The van der Waals surface area contributed by atoms with E-state index in [0.29, 0.717) is 11.4 Å². The molecular weight excluding hydrogens is 272 g/mol. The first kappa shape index (κ1) is 14.6. The molecule has 0 bridgehead atoms. The van der Waals surface area contributed by atoms with Crippen molar-refractivity contribution >= 4 is 17.6 Å². The first-order valence-corrected chi connectivity index (χ1v) is 6.90. The van der Waals surface area contributed by atoms with Crippen LogP contribution >= 0.6 is 11.6 Å². The highest BCUT2D eigenvalue weighted by atomic mass is 35.5. The van der Waals surface area contributed by atoms with Crippen LogP contribution in [0.1, 0.15) is 28.2 Å². The zero-order chi connectivity index (χ0) is 14.7. The lowest BCUT2D eigenvalue weighted by atomic mass is 9.88. The predicted molar refractivity (Wildman–Crippen MR) is 81.4 cm³/mol. The van der Waals surface area contributed by atoms with Crippen LogP contribution in [0.4, 0.5) is 0 Å². The third kappa shape index (κ3) is 3.20. The molecule has 0 aromatic heterocycles. The van der Waals surface area contributed by atoms with Gasteiger partial charge in [-0.05, 0) is 43.0 Å². The summed E-state index contributed by atoms with van der Waals surface area (Å²) in [6, 6.07) is 13.3. The molecule has 1 N–H and O–H groups in total. The average Bonchev–Trinajstić information content (AvgIpc) is 2.40. The van der Waals surface area contributed by atoms with Crippen molar-refractivity contribution in [2.45, 2.75) is 26.2 Å². The van der Waals surface area contributed by atoms with Crippen molar-refractivity contribution in [3.8, 4) is 0 Å². The average molecular weight is 289 g/mol. The van der Waals surface area contributed by atoms with Crippen molar-refractivity contribution < 1.29 is 9.90 Å². The summed E-state index contributed by atoms with van der Waals surface area (Å²) in [6.07, 6.45) is 0.402. The summed E-state index contributed by atoms with van der Waals surface area (Å²) in [5.41, 5.74) is 3.78. The van der Waals surface area contributed by atoms with Crippen molar-refractivity contribution in [2.75, 3.05) is 0 Å². The predicted octanol–water partition coefficient (Wildman–Crippen LogP) is 4.37. The van der Waals surface area contributed by atoms with Crippen LogP contribution in [0.15, 0.2) is 42.5 Å². The minimum atomic E-state index is -0.821. The van der Waals surface area contributed by atoms with Crippen LogP contribution in [0.5, 0.6) is 0 Å². The lowest BCUT2D eigenvalue weighted by Gasteiger charge is -2.17. The monoisotopic (exact) mass is 288 g/mol. The topological polar surface area (TPSA) is 37.3 Å². The summed E-state index contributed by atoms with van der Waals surface area (Å²) < 4.78 is 0. The molecule has 3 heteroatoms. The molecule has 2 rings (SSSR count). The summed E-state index contributed by atoms with van der Waals surface area (Å²) >= 11 is 6.14. The van der Waals surface area contributed by atoms with Gasteiger partial charge >= 0.3 is 5.97 Å². The fraction of sp³-hybridized carbons (Fsp3) is 0.235. The Morgan fingerprint density at radius 1 is 1.20 bits per heavy atom. The minimum Gasteiger partial charge on any atom is -0.481 e. The maximum atomic E-state index is 11.6. The number of carbonyl (C=O) groups is 1. The number of rotatable bonds is 4. The van der Waals surface area contributed by atoms with E-state index in [0.717, 1.165) is 22.3 Å². The largest absolute Gasteiger partial charge is 0.481 e. The van der Waals surface area contributed by atoms with Gasteiger partial charge < -0.3 is 5.11 Å². The molecule has 0 aliphatic heterocycles. The molecule has 104 valence electrons. The van der Waals surface area contributed by atoms with Crippen molar-refractivity contribution in [1.82, 2.24) is 0 Å². The molecule has 0 heterocycles. The van der Waals surface area contributed by atoms with Gasteiger partial charge in [-0.25, -0.2) is 0 Å². The Balaban J connectivity index is 2.40. The summed E-state index contributed by atoms with van der Waals surface area (Å²) in [6.45, 7) is 3.91. The summed E-state index contributed by atoms with van der Waals surface area (Å²) in [5, 5.41) is 10.2. The standard InChI is InChI=1S/C17H17ClO2/c1-11-7-8-12(2)14(9-11)15(17(19)20)10-13-5-3-4-6-16(13)18/h3-9,15H,10H2,1-2H3,(H,19,20). The van der Waals surface area contributed by atoms with Crippen LogP contribution in [0.2, 0.25) is 5.02 Å². The molecule has 1 unspecified atom stereocenters. The second-order valence-corrected chi connectivity index (χ2v) is 5.45. The molecule has 0 aliphatic carbocycles. The maximum Gasteiger partial charge on any atom is 0.311 e. The van der Waals surface area contributed by atoms with E-state index in [9.17, 15) is 9.90 Å². The highest BCUT2D eigenvalue weighted by Gasteiger charge is 2.23. The van der Waals surface area contributed by atoms with E-state index in [1.165, 1.54) is 0 Å². The fourth-order valence-electron chi connectivity index (χ4n) is 2.35. The lowest BCUT2D eigenvalue weighted by molar-refractivity contribution is -0.138. The third-order valence-corrected chi connectivity index (χ3v) is 3.86. The summed E-state index contributed by atoms with van der Waals surface area (Å²) in [4.78, 5) is 11.6. The smallest absolute Gasteiger partial charge is 0.311 e. The van der Waals surface area contributed by atoms with Crippen LogP contribution in [-0.4, -0.2) is 11.1 Å². The van der Waals surface area contributed by atoms with Gasteiger partial charge in [-0.1, -0.05) is 53.6 Å². The van der Waals surface area contributed by atoms with E-state index in [-0.39, 0.29) is 0 Å². The molecule has 2 aromatic rings. The molecule has 20 heavy (non-hydrogen) atoms. The second kappa shape index (κ2) is 6.10. The number of hydrogen-bond acceptors (Lipinski definition) is 1. The van der Waals surface area contributed by atoms with Gasteiger partial charge in [0.1, 0.15) is 0 Å². The molecule has 2 nitrogen and oxygen atoms in total. The van der Waals surface area contributed by atoms with Gasteiger partial charge in [0, 0.05) is 5.02 Å². The molecule has 0 aliphatic rings. The number of carboxylic acids is 1. The van der Waals surface area contributed by atoms with Gasteiger partial charge in [-0.3, -0.25) is 4.79 Å². The molecule has 1 atom stereocenters. The van der Waals surface area contributed by atoms with E-state index >= 15 is 0 Å². The van der Waals surface area contributed by atoms with Crippen molar-refractivity contribution in [3.05, 3.63) is 69.7 Å². The quantitative estimate of drug-likeness (QED) is 0.907. The van der Waals surface area contributed by atoms with Crippen molar-refractivity contribution in [2.24, 2.45) is 0 Å². The van der Waals surface area contributed by atoms with Gasteiger partial charge in [0.15, 0.2) is 0 Å². The highest BCUT2D eigenvalue weighted by molar-refractivity contribution is 6.31. The third-order valence-electron chi connectivity index (χ3n) is 3.49. The van der Waals surface area contributed by atoms with E-state index in [4.69, 9.17) is 11.6 Å². The Labute approximate surface area is 124 Å².